The van der Waals surface area contributed by atoms with E-state index in [9.17, 15) is 4.79 Å². The van der Waals surface area contributed by atoms with Crippen molar-refractivity contribution >= 4 is 40.0 Å². The van der Waals surface area contributed by atoms with E-state index in [0.717, 1.165) is 35.6 Å². The summed E-state index contributed by atoms with van der Waals surface area (Å²) in [5.74, 6) is 0.616. The van der Waals surface area contributed by atoms with Gasteiger partial charge in [-0.2, -0.15) is 0 Å². The van der Waals surface area contributed by atoms with Gasteiger partial charge in [-0.3, -0.25) is 4.79 Å². The Morgan fingerprint density at radius 2 is 2.23 bits per heavy atom. The van der Waals surface area contributed by atoms with Crippen molar-refractivity contribution in [3.05, 3.63) is 59.3 Å². The molecule has 0 spiro atoms. The largest absolute Gasteiger partial charge is 0.334 e. The average molecular weight is 384 g/mol. The van der Waals surface area contributed by atoms with Crippen LogP contribution in [0.25, 0.3) is 11.0 Å². The quantitative estimate of drug-likeness (QED) is 0.456. The van der Waals surface area contributed by atoms with Gasteiger partial charge in [0.05, 0.1) is 22.8 Å². The molecule has 0 bridgehead atoms. The van der Waals surface area contributed by atoms with Crippen molar-refractivity contribution < 1.29 is 4.79 Å². The number of thioether (sulfide) groups is 1. The van der Waals surface area contributed by atoms with Gasteiger partial charge in [-0.15, -0.1) is 17.9 Å². The van der Waals surface area contributed by atoms with Gasteiger partial charge in [0.2, 0.25) is 5.91 Å². The predicted molar refractivity (Wildman–Crippen MR) is 109 cm³/mol. The molecule has 0 N–H and O–H groups in total. The fraction of sp³-hybridized carbons (Fsp3) is 0.300. The summed E-state index contributed by atoms with van der Waals surface area (Å²) in [5, 5.41) is 2.97. The van der Waals surface area contributed by atoms with Crippen LogP contribution in [0.2, 0.25) is 0 Å². The number of carbonyl (C=O) groups is 1. The molecule has 3 heterocycles. The van der Waals surface area contributed by atoms with Crippen molar-refractivity contribution in [2.24, 2.45) is 0 Å². The second-order valence-electron chi connectivity index (χ2n) is 6.33. The molecule has 6 heteroatoms. The molecule has 26 heavy (non-hydrogen) atoms. The van der Waals surface area contributed by atoms with E-state index in [-0.39, 0.29) is 11.9 Å². The molecule has 0 saturated carbocycles. The Bertz CT molecular complexity index is 916. The summed E-state index contributed by atoms with van der Waals surface area (Å²) in [6, 6.07) is 12.5. The number of nitrogens with zero attached hydrogens (tertiary/aromatic N) is 3. The lowest BCUT2D eigenvalue weighted by atomic mass is 10.2. The van der Waals surface area contributed by atoms with Crippen LogP contribution in [0.3, 0.4) is 0 Å². The molecule has 1 aliphatic rings. The smallest absolute Gasteiger partial charge is 0.233 e. The third-order valence-corrected chi connectivity index (χ3v) is 6.64. The number of fused-ring (bicyclic) bond motifs is 1. The van der Waals surface area contributed by atoms with Gasteiger partial charge in [-0.25, -0.2) is 4.98 Å². The van der Waals surface area contributed by atoms with Crippen molar-refractivity contribution in [3.8, 4) is 0 Å². The Balaban J connectivity index is 1.50. The summed E-state index contributed by atoms with van der Waals surface area (Å²) >= 11 is 3.26. The highest BCUT2D eigenvalue weighted by Crippen LogP contribution is 2.35. The zero-order valence-corrected chi connectivity index (χ0v) is 16.1. The van der Waals surface area contributed by atoms with Crippen molar-refractivity contribution in [2.75, 3.05) is 12.3 Å². The first-order valence-electron chi connectivity index (χ1n) is 8.80. The molecular formula is C20H21N3OS2. The molecule has 1 fully saturated rings. The Morgan fingerprint density at radius 3 is 3.04 bits per heavy atom. The molecule has 1 aromatic carbocycles. The zero-order valence-electron chi connectivity index (χ0n) is 14.5. The normalized spacial score (nSPS) is 17.1. The second-order valence-corrected chi connectivity index (χ2v) is 8.25. The molecule has 134 valence electrons. The van der Waals surface area contributed by atoms with Crippen LogP contribution < -0.4 is 0 Å². The minimum Gasteiger partial charge on any atom is -0.334 e. The highest BCUT2D eigenvalue weighted by molar-refractivity contribution is 7.99. The fourth-order valence-electron chi connectivity index (χ4n) is 3.52. The van der Waals surface area contributed by atoms with Gasteiger partial charge in [0.1, 0.15) is 0 Å². The Labute approximate surface area is 161 Å². The maximum absolute atomic E-state index is 12.9. The highest BCUT2D eigenvalue weighted by atomic mass is 32.2. The molecular weight excluding hydrogens is 362 g/mol. The van der Waals surface area contributed by atoms with E-state index in [1.807, 2.05) is 29.2 Å². The number of thiophene rings is 1. The first-order chi connectivity index (χ1) is 12.8. The van der Waals surface area contributed by atoms with E-state index < -0.39 is 0 Å². The van der Waals surface area contributed by atoms with Gasteiger partial charge in [0.25, 0.3) is 0 Å². The van der Waals surface area contributed by atoms with Gasteiger partial charge in [-0.05, 0) is 36.4 Å². The molecule has 1 aliphatic heterocycles. The summed E-state index contributed by atoms with van der Waals surface area (Å²) in [6.45, 7) is 5.39. The van der Waals surface area contributed by atoms with Crippen LogP contribution in [-0.4, -0.2) is 32.7 Å². The second kappa shape index (κ2) is 7.68. The van der Waals surface area contributed by atoms with E-state index in [2.05, 4.69) is 34.7 Å². The van der Waals surface area contributed by atoms with Crippen LogP contribution in [0.5, 0.6) is 0 Å². The molecule has 0 aliphatic carbocycles. The molecule has 1 unspecified atom stereocenters. The number of hydrogen-bond donors (Lipinski definition) is 0. The topological polar surface area (TPSA) is 38.1 Å². The zero-order chi connectivity index (χ0) is 17.9. The molecule has 1 saturated heterocycles. The lowest BCUT2D eigenvalue weighted by molar-refractivity contribution is -0.129. The van der Waals surface area contributed by atoms with Gasteiger partial charge < -0.3 is 9.47 Å². The van der Waals surface area contributed by atoms with Crippen LogP contribution in [0.4, 0.5) is 0 Å². The first-order valence-corrected chi connectivity index (χ1v) is 10.7. The number of allylic oxidation sites excluding steroid dienone is 1. The number of hydrogen-bond acceptors (Lipinski definition) is 4. The summed E-state index contributed by atoms with van der Waals surface area (Å²) in [4.78, 5) is 20.9. The standard InChI is InChI=1S/C20H21N3OS2/c1-2-11-23-16-8-4-3-7-15(16)21-20(23)26-14-19(24)22-12-5-9-17(22)18-10-6-13-25-18/h2-4,6-8,10,13,17H,1,5,9,11-12,14H2. The van der Waals surface area contributed by atoms with E-state index in [1.165, 1.54) is 16.6 Å². The van der Waals surface area contributed by atoms with Crippen molar-refractivity contribution in [3.63, 3.8) is 0 Å². The molecule has 4 nitrogen and oxygen atoms in total. The van der Waals surface area contributed by atoms with E-state index in [4.69, 9.17) is 4.98 Å². The van der Waals surface area contributed by atoms with Crippen LogP contribution in [-0.2, 0) is 11.3 Å². The van der Waals surface area contributed by atoms with E-state index in [0.29, 0.717) is 12.3 Å². The summed E-state index contributed by atoms with van der Waals surface area (Å²) in [5.41, 5.74) is 2.04. The Morgan fingerprint density at radius 1 is 1.35 bits per heavy atom. The number of likely N-dealkylation sites (tertiary alicyclic amines) is 1. The molecule has 2 aromatic heterocycles. The minimum absolute atomic E-state index is 0.197. The Hall–Kier alpha value is -2.05. The number of para-hydroxylation sites is 2. The summed E-state index contributed by atoms with van der Waals surface area (Å²) in [6.07, 6.45) is 4.01. The van der Waals surface area contributed by atoms with Gasteiger partial charge in [-0.1, -0.05) is 36.0 Å². The molecule has 1 amide bonds. The molecule has 1 atom stereocenters. The number of benzene rings is 1. The minimum atomic E-state index is 0.197. The van der Waals surface area contributed by atoms with Crippen LogP contribution in [0.15, 0.2) is 59.6 Å². The maximum Gasteiger partial charge on any atom is 0.233 e. The number of aromatic nitrogens is 2. The highest BCUT2D eigenvalue weighted by Gasteiger charge is 2.30. The number of rotatable bonds is 6. The van der Waals surface area contributed by atoms with Crippen molar-refractivity contribution in [1.29, 1.82) is 0 Å². The van der Waals surface area contributed by atoms with Crippen LogP contribution >= 0.6 is 23.1 Å². The summed E-state index contributed by atoms with van der Waals surface area (Å²) in [7, 11) is 0. The first kappa shape index (κ1) is 17.4. The Kier molecular flexibility index (Phi) is 5.13. The van der Waals surface area contributed by atoms with Crippen molar-refractivity contribution in [1.82, 2.24) is 14.5 Å². The third-order valence-electron chi connectivity index (χ3n) is 4.70. The van der Waals surface area contributed by atoms with Gasteiger partial charge in [0, 0.05) is 18.0 Å². The van der Waals surface area contributed by atoms with Crippen molar-refractivity contribution in [2.45, 2.75) is 30.6 Å². The third kappa shape index (κ3) is 3.31. The van der Waals surface area contributed by atoms with E-state index in [1.54, 1.807) is 11.3 Å². The number of carbonyl (C=O) groups excluding carboxylic acids is 1. The monoisotopic (exact) mass is 383 g/mol. The van der Waals surface area contributed by atoms with Crippen LogP contribution in [0, 0.1) is 0 Å². The van der Waals surface area contributed by atoms with Gasteiger partial charge >= 0.3 is 0 Å². The lowest BCUT2D eigenvalue weighted by Crippen LogP contribution is -2.31. The average Bonchev–Trinajstić information content (AvgIpc) is 3.39. The van der Waals surface area contributed by atoms with Crippen LogP contribution in [0.1, 0.15) is 23.8 Å². The molecule has 0 radical (unpaired) electrons. The number of amides is 1. The van der Waals surface area contributed by atoms with E-state index >= 15 is 0 Å². The van der Waals surface area contributed by atoms with Gasteiger partial charge in [0.15, 0.2) is 5.16 Å². The fourth-order valence-corrected chi connectivity index (χ4v) is 5.30. The number of imidazole rings is 1. The molecule has 4 rings (SSSR count). The predicted octanol–water partition coefficient (Wildman–Crippen LogP) is 4.74. The lowest BCUT2D eigenvalue weighted by Gasteiger charge is -2.23. The maximum atomic E-state index is 12.9. The molecule has 3 aromatic rings. The SMILES string of the molecule is C=CCn1c(SCC(=O)N2CCCC2c2cccs2)nc2ccccc21. The summed E-state index contributed by atoms with van der Waals surface area (Å²) < 4.78 is 2.13.